The van der Waals surface area contributed by atoms with E-state index in [1.165, 1.54) is 38.6 Å². The van der Waals surface area contributed by atoms with E-state index < -0.39 is 0 Å². The van der Waals surface area contributed by atoms with E-state index >= 15 is 0 Å². The van der Waals surface area contributed by atoms with Crippen LogP contribution in [0.15, 0.2) is 0 Å². The van der Waals surface area contributed by atoms with E-state index in [4.69, 9.17) is 0 Å². The van der Waals surface area contributed by atoms with Crippen molar-refractivity contribution in [3.8, 4) is 0 Å². The Kier molecular flexibility index (Phi) is 5.94. The third-order valence-corrected chi connectivity index (χ3v) is 4.30. The Morgan fingerprint density at radius 2 is 1.94 bits per heavy atom. The fraction of sp³-hybridized carbons (Fsp3) is 1.00. The van der Waals surface area contributed by atoms with Crippen LogP contribution in [0.1, 0.15) is 59.8 Å². The van der Waals surface area contributed by atoms with Crippen molar-refractivity contribution in [2.45, 2.75) is 71.9 Å². The van der Waals surface area contributed by atoms with Crippen LogP contribution < -0.4 is 5.32 Å². The molecule has 0 radical (unpaired) electrons. The predicted octanol–water partition coefficient (Wildman–Crippen LogP) is 3.28. The molecule has 0 spiro atoms. The standard InChI is InChI=1S/C15H32N2/c1-6-11-16-14-13(17(5)12-7-2)9-8-10-15(14,3)4/h13-14,16H,6-12H2,1-5H3. The summed E-state index contributed by atoms with van der Waals surface area (Å²) in [6, 6.07) is 1.39. The van der Waals surface area contributed by atoms with Gasteiger partial charge < -0.3 is 10.2 Å². The summed E-state index contributed by atoms with van der Waals surface area (Å²) in [6.45, 7) is 11.8. The molecule has 0 aromatic carbocycles. The van der Waals surface area contributed by atoms with Gasteiger partial charge in [0.25, 0.3) is 0 Å². The van der Waals surface area contributed by atoms with Gasteiger partial charge in [0.1, 0.15) is 0 Å². The molecule has 1 N–H and O–H groups in total. The van der Waals surface area contributed by atoms with Crippen LogP contribution in [0.5, 0.6) is 0 Å². The fourth-order valence-corrected chi connectivity index (χ4v) is 3.32. The number of hydrogen-bond acceptors (Lipinski definition) is 2. The van der Waals surface area contributed by atoms with Crippen LogP contribution in [-0.2, 0) is 0 Å². The molecule has 0 amide bonds. The van der Waals surface area contributed by atoms with Gasteiger partial charge in [-0.25, -0.2) is 0 Å². The molecular formula is C15H32N2. The van der Waals surface area contributed by atoms with Gasteiger partial charge >= 0.3 is 0 Å². The van der Waals surface area contributed by atoms with Gasteiger partial charge in [0.2, 0.25) is 0 Å². The molecule has 102 valence electrons. The Morgan fingerprint density at radius 3 is 2.53 bits per heavy atom. The largest absolute Gasteiger partial charge is 0.312 e. The van der Waals surface area contributed by atoms with Crippen molar-refractivity contribution in [3.63, 3.8) is 0 Å². The van der Waals surface area contributed by atoms with E-state index in [2.05, 4.69) is 45.0 Å². The molecule has 1 saturated carbocycles. The summed E-state index contributed by atoms with van der Waals surface area (Å²) in [4.78, 5) is 2.58. The van der Waals surface area contributed by atoms with E-state index in [0.29, 0.717) is 11.5 Å². The van der Waals surface area contributed by atoms with Crippen molar-refractivity contribution in [1.29, 1.82) is 0 Å². The Labute approximate surface area is 108 Å². The van der Waals surface area contributed by atoms with Gasteiger partial charge in [-0.2, -0.15) is 0 Å². The second-order valence-electron chi connectivity index (χ2n) is 6.36. The molecule has 0 aromatic heterocycles. The van der Waals surface area contributed by atoms with Crippen molar-refractivity contribution >= 4 is 0 Å². The highest BCUT2D eigenvalue weighted by atomic mass is 15.2. The molecular weight excluding hydrogens is 208 g/mol. The lowest BCUT2D eigenvalue weighted by Crippen LogP contribution is -2.58. The highest BCUT2D eigenvalue weighted by Crippen LogP contribution is 2.37. The zero-order chi connectivity index (χ0) is 12.9. The molecule has 1 rings (SSSR count). The first kappa shape index (κ1) is 15.0. The number of rotatable bonds is 6. The SMILES string of the molecule is CCCNC1C(N(C)CCC)CCCC1(C)C. The number of likely N-dealkylation sites (N-methyl/N-ethyl adjacent to an activating group) is 1. The Morgan fingerprint density at radius 1 is 1.24 bits per heavy atom. The number of nitrogens with zero attached hydrogens (tertiary/aromatic N) is 1. The van der Waals surface area contributed by atoms with E-state index in [-0.39, 0.29) is 0 Å². The average Bonchev–Trinajstić information content (AvgIpc) is 2.26. The van der Waals surface area contributed by atoms with Crippen LogP contribution in [0.25, 0.3) is 0 Å². The minimum Gasteiger partial charge on any atom is -0.312 e. The van der Waals surface area contributed by atoms with Crippen molar-refractivity contribution in [1.82, 2.24) is 10.2 Å². The van der Waals surface area contributed by atoms with Gasteiger partial charge in [-0.3, -0.25) is 0 Å². The quantitative estimate of drug-likeness (QED) is 0.766. The molecule has 2 atom stereocenters. The minimum atomic E-state index is 0.445. The minimum absolute atomic E-state index is 0.445. The summed E-state index contributed by atoms with van der Waals surface area (Å²) in [5.74, 6) is 0. The predicted molar refractivity (Wildman–Crippen MR) is 76.4 cm³/mol. The molecule has 1 aliphatic rings. The lowest BCUT2D eigenvalue weighted by molar-refractivity contribution is 0.0629. The number of hydrogen-bond donors (Lipinski definition) is 1. The van der Waals surface area contributed by atoms with Gasteiger partial charge in [-0.1, -0.05) is 34.1 Å². The van der Waals surface area contributed by atoms with Crippen LogP contribution in [0.2, 0.25) is 0 Å². The third kappa shape index (κ3) is 3.96. The molecule has 2 heteroatoms. The summed E-state index contributed by atoms with van der Waals surface area (Å²) >= 11 is 0. The van der Waals surface area contributed by atoms with Crippen molar-refractivity contribution in [2.24, 2.45) is 5.41 Å². The molecule has 2 nitrogen and oxygen atoms in total. The monoisotopic (exact) mass is 240 g/mol. The van der Waals surface area contributed by atoms with Gasteiger partial charge in [0, 0.05) is 12.1 Å². The molecule has 17 heavy (non-hydrogen) atoms. The summed E-state index contributed by atoms with van der Waals surface area (Å²) in [5.41, 5.74) is 0.445. The van der Waals surface area contributed by atoms with Gasteiger partial charge in [0.15, 0.2) is 0 Å². The van der Waals surface area contributed by atoms with E-state index in [9.17, 15) is 0 Å². The molecule has 0 heterocycles. The average molecular weight is 240 g/mol. The van der Waals surface area contributed by atoms with Crippen LogP contribution in [0, 0.1) is 5.41 Å². The van der Waals surface area contributed by atoms with E-state index in [0.717, 1.165) is 12.6 Å². The lowest BCUT2D eigenvalue weighted by atomic mass is 9.70. The van der Waals surface area contributed by atoms with Crippen LogP contribution in [0.3, 0.4) is 0 Å². The lowest BCUT2D eigenvalue weighted by Gasteiger charge is -2.48. The molecule has 1 fully saturated rings. The second-order valence-corrected chi connectivity index (χ2v) is 6.36. The second kappa shape index (κ2) is 6.75. The molecule has 0 saturated heterocycles. The molecule has 0 aliphatic heterocycles. The van der Waals surface area contributed by atoms with Crippen LogP contribution >= 0.6 is 0 Å². The molecule has 0 aromatic rings. The van der Waals surface area contributed by atoms with Gasteiger partial charge in [-0.05, 0) is 51.2 Å². The topological polar surface area (TPSA) is 15.3 Å². The summed E-state index contributed by atoms with van der Waals surface area (Å²) in [7, 11) is 2.30. The van der Waals surface area contributed by atoms with Gasteiger partial charge in [0.05, 0.1) is 0 Å². The first-order valence-electron chi connectivity index (χ1n) is 7.46. The zero-order valence-corrected chi connectivity index (χ0v) is 12.6. The Balaban J connectivity index is 2.69. The first-order chi connectivity index (χ1) is 8.03. The third-order valence-electron chi connectivity index (χ3n) is 4.30. The highest BCUT2D eigenvalue weighted by Gasteiger charge is 2.39. The Bertz CT molecular complexity index is 213. The summed E-state index contributed by atoms with van der Waals surface area (Å²) in [6.07, 6.45) is 6.60. The maximum Gasteiger partial charge on any atom is 0.0274 e. The Hall–Kier alpha value is -0.0800. The normalized spacial score (nSPS) is 28.6. The highest BCUT2D eigenvalue weighted by molar-refractivity contribution is 4.97. The number of nitrogens with one attached hydrogen (secondary N) is 1. The maximum atomic E-state index is 3.81. The van der Waals surface area contributed by atoms with Crippen molar-refractivity contribution in [2.75, 3.05) is 20.1 Å². The summed E-state index contributed by atoms with van der Waals surface area (Å²) < 4.78 is 0. The van der Waals surface area contributed by atoms with E-state index in [1.807, 2.05) is 0 Å². The fourth-order valence-electron chi connectivity index (χ4n) is 3.32. The van der Waals surface area contributed by atoms with Crippen molar-refractivity contribution in [3.05, 3.63) is 0 Å². The molecule has 0 bridgehead atoms. The van der Waals surface area contributed by atoms with Crippen LogP contribution in [0.4, 0.5) is 0 Å². The maximum absolute atomic E-state index is 3.81. The first-order valence-corrected chi connectivity index (χ1v) is 7.46. The van der Waals surface area contributed by atoms with Crippen molar-refractivity contribution < 1.29 is 0 Å². The zero-order valence-electron chi connectivity index (χ0n) is 12.6. The summed E-state index contributed by atoms with van der Waals surface area (Å²) in [5, 5.41) is 3.81. The van der Waals surface area contributed by atoms with Crippen LogP contribution in [-0.4, -0.2) is 37.1 Å². The smallest absolute Gasteiger partial charge is 0.0274 e. The molecule has 1 aliphatic carbocycles. The van der Waals surface area contributed by atoms with E-state index in [1.54, 1.807) is 0 Å². The molecule has 2 unspecified atom stereocenters. The van der Waals surface area contributed by atoms with Gasteiger partial charge in [-0.15, -0.1) is 0 Å².